The van der Waals surface area contributed by atoms with Gasteiger partial charge in [-0.05, 0) is 24.3 Å². The fourth-order valence-electron chi connectivity index (χ4n) is 3.19. The van der Waals surface area contributed by atoms with Crippen molar-refractivity contribution in [3.63, 3.8) is 0 Å². The molecule has 0 aliphatic carbocycles. The highest BCUT2D eigenvalue weighted by Gasteiger charge is 2.24. The highest BCUT2D eigenvalue weighted by molar-refractivity contribution is 6.34. The number of aromatic nitrogens is 1. The second kappa shape index (κ2) is 3.80. The summed E-state index contributed by atoms with van der Waals surface area (Å²) in [5.74, 6) is 1.57. The zero-order valence-corrected chi connectivity index (χ0v) is 11.8. The molecule has 3 aromatic carbocycles. The predicted molar refractivity (Wildman–Crippen MR) is 85.9 cm³/mol. The van der Waals surface area contributed by atoms with Crippen LogP contribution in [0.25, 0.3) is 27.5 Å². The SMILES string of the molecule is Clc1ccc2c3ccccc3n3c2c1Oc1ccccc1-3. The first kappa shape index (κ1) is 11.2. The average Bonchev–Trinajstić information content (AvgIpc) is 2.87. The Kier molecular flexibility index (Phi) is 2.04. The third-order valence-corrected chi connectivity index (χ3v) is 4.36. The molecule has 0 saturated heterocycles. The molecule has 4 aromatic rings. The van der Waals surface area contributed by atoms with Crippen molar-refractivity contribution >= 4 is 33.4 Å². The molecule has 5 rings (SSSR count). The zero-order valence-electron chi connectivity index (χ0n) is 11.0. The number of ether oxygens (including phenoxy) is 1. The summed E-state index contributed by atoms with van der Waals surface area (Å²) in [5, 5.41) is 3.02. The Morgan fingerprint density at radius 1 is 0.810 bits per heavy atom. The van der Waals surface area contributed by atoms with Crippen LogP contribution in [0.1, 0.15) is 0 Å². The minimum absolute atomic E-state index is 0.640. The van der Waals surface area contributed by atoms with Crippen molar-refractivity contribution in [2.45, 2.75) is 0 Å². The molecule has 0 spiro atoms. The van der Waals surface area contributed by atoms with Crippen LogP contribution < -0.4 is 4.74 Å². The molecule has 0 N–H and O–H groups in total. The van der Waals surface area contributed by atoms with E-state index in [1.165, 1.54) is 16.3 Å². The van der Waals surface area contributed by atoms with E-state index in [4.69, 9.17) is 16.3 Å². The van der Waals surface area contributed by atoms with Crippen molar-refractivity contribution in [3.8, 4) is 17.2 Å². The van der Waals surface area contributed by atoms with Gasteiger partial charge in [-0.15, -0.1) is 0 Å². The van der Waals surface area contributed by atoms with Crippen molar-refractivity contribution in [1.82, 2.24) is 4.57 Å². The smallest absolute Gasteiger partial charge is 0.170 e. The molecule has 1 aliphatic rings. The van der Waals surface area contributed by atoms with E-state index in [2.05, 4.69) is 41.0 Å². The van der Waals surface area contributed by atoms with E-state index in [-0.39, 0.29) is 0 Å². The van der Waals surface area contributed by atoms with E-state index >= 15 is 0 Å². The molecular weight excluding hydrogens is 282 g/mol. The van der Waals surface area contributed by atoms with Crippen LogP contribution >= 0.6 is 11.6 Å². The maximum Gasteiger partial charge on any atom is 0.170 e. The second-order valence-electron chi connectivity index (χ2n) is 5.20. The Bertz CT molecular complexity index is 1030. The average molecular weight is 292 g/mol. The summed E-state index contributed by atoms with van der Waals surface area (Å²) in [6, 6.07) is 20.4. The van der Waals surface area contributed by atoms with Crippen LogP contribution in [0.5, 0.6) is 11.5 Å². The van der Waals surface area contributed by atoms with Crippen LogP contribution in [0, 0.1) is 0 Å². The van der Waals surface area contributed by atoms with Gasteiger partial charge in [0.25, 0.3) is 0 Å². The lowest BCUT2D eigenvalue weighted by Crippen LogP contribution is -2.04. The number of rotatable bonds is 0. The van der Waals surface area contributed by atoms with Gasteiger partial charge >= 0.3 is 0 Å². The fraction of sp³-hybridized carbons (Fsp3) is 0. The summed E-state index contributed by atoms with van der Waals surface area (Å²) in [5.41, 5.74) is 3.27. The molecule has 21 heavy (non-hydrogen) atoms. The lowest BCUT2D eigenvalue weighted by atomic mass is 10.1. The third kappa shape index (κ3) is 1.33. The van der Waals surface area contributed by atoms with Crippen molar-refractivity contribution < 1.29 is 4.74 Å². The number of nitrogens with zero attached hydrogens (tertiary/aromatic N) is 1. The monoisotopic (exact) mass is 291 g/mol. The first-order valence-corrected chi connectivity index (χ1v) is 7.21. The second-order valence-corrected chi connectivity index (χ2v) is 5.60. The van der Waals surface area contributed by atoms with Gasteiger partial charge in [0.2, 0.25) is 0 Å². The molecular formula is C18H10ClNO. The molecule has 0 unspecified atom stereocenters. The van der Waals surface area contributed by atoms with E-state index in [9.17, 15) is 0 Å². The fourth-order valence-corrected chi connectivity index (χ4v) is 3.38. The van der Waals surface area contributed by atoms with E-state index in [0.29, 0.717) is 5.02 Å². The summed E-state index contributed by atoms with van der Waals surface area (Å²) in [6.07, 6.45) is 0. The number of fused-ring (bicyclic) bond motifs is 5. The highest BCUT2D eigenvalue weighted by atomic mass is 35.5. The standard InChI is InChI=1S/C18H10ClNO/c19-13-10-9-12-11-5-1-2-6-14(11)20-15-7-3-4-8-16(15)21-18(13)17(12)20/h1-10H. The number of hydrogen-bond acceptors (Lipinski definition) is 1. The van der Waals surface area contributed by atoms with Crippen molar-refractivity contribution in [3.05, 3.63) is 65.7 Å². The van der Waals surface area contributed by atoms with Crippen molar-refractivity contribution in [1.29, 1.82) is 0 Å². The van der Waals surface area contributed by atoms with Gasteiger partial charge in [0.05, 0.1) is 21.7 Å². The van der Waals surface area contributed by atoms with Crippen LogP contribution in [-0.4, -0.2) is 4.57 Å². The Morgan fingerprint density at radius 2 is 1.62 bits per heavy atom. The van der Waals surface area contributed by atoms with Gasteiger partial charge in [-0.3, -0.25) is 0 Å². The zero-order chi connectivity index (χ0) is 14.0. The molecule has 1 aromatic heterocycles. The van der Waals surface area contributed by atoms with E-state index in [1.807, 2.05) is 24.3 Å². The van der Waals surface area contributed by atoms with Crippen LogP contribution in [0.4, 0.5) is 0 Å². The Morgan fingerprint density at radius 3 is 2.57 bits per heavy atom. The highest BCUT2D eigenvalue weighted by Crippen LogP contribution is 2.47. The first-order chi connectivity index (χ1) is 10.3. The van der Waals surface area contributed by atoms with Crippen molar-refractivity contribution in [2.75, 3.05) is 0 Å². The van der Waals surface area contributed by atoms with E-state index in [1.54, 1.807) is 0 Å². The molecule has 0 amide bonds. The topological polar surface area (TPSA) is 14.2 Å². The lowest BCUT2D eigenvalue weighted by molar-refractivity contribution is 0.476. The minimum atomic E-state index is 0.640. The van der Waals surface area contributed by atoms with Gasteiger partial charge in [-0.2, -0.15) is 0 Å². The molecule has 1 aliphatic heterocycles. The van der Waals surface area contributed by atoms with E-state index < -0.39 is 0 Å². The first-order valence-electron chi connectivity index (χ1n) is 6.83. The molecule has 0 saturated carbocycles. The maximum absolute atomic E-state index is 6.36. The molecule has 2 heterocycles. The van der Waals surface area contributed by atoms with Crippen molar-refractivity contribution in [2.24, 2.45) is 0 Å². The number of para-hydroxylation sites is 3. The van der Waals surface area contributed by atoms with E-state index in [0.717, 1.165) is 22.7 Å². The molecule has 0 fully saturated rings. The summed E-state index contributed by atoms with van der Waals surface area (Å²) in [4.78, 5) is 0. The third-order valence-electron chi connectivity index (χ3n) is 4.06. The number of halogens is 1. The predicted octanol–water partition coefficient (Wildman–Crippen LogP) is 5.54. The molecule has 2 nitrogen and oxygen atoms in total. The van der Waals surface area contributed by atoms with Crippen LogP contribution in [0.3, 0.4) is 0 Å². The van der Waals surface area contributed by atoms with Gasteiger partial charge in [-0.1, -0.05) is 48.0 Å². The number of benzene rings is 3. The summed E-state index contributed by atoms with van der Waals surface area (Å²) < 4.78 is 8.30. The maximum atomic E-state index is 6.36. The largest absolute Gasteiger partial charge is 0.451 e. The van der Waals surface area contributed by atoms with Gasteiger partial charge in [0.1, 0.15) is 0 Å². The summed E-state index contributed by atoms with van der Waals surface area (Å²) >= 11 is 6.36. The van der Waals surface area contributed by atoms with Gasteiger partial charge in [-0.25, -0.2) is 0 Å². The van der Waals surface area contributed by atoms with Gasteiger partial charge in [0.15, 0.2) is 11.5 Å². The molecule has 3 heteroatoms. The van der Waals surface area contributed by atoms with Gasteiger partial charge in [0, 0.05) is 10.8 Å². The summed E-state index contributed by atoms with van der Waals surface area (Å²) in [7, 11) is 0. The Labute approximate surface area is 126 Å². The Balaban J connectivity index is 2.13. The molecule has 0 atom stereocenters. The minimum Gasteiger partial charge on any atom is -0.451 e. The molecule has 0 bridgehead atoms. The molecule has 100 valence electrons. The Hall–Kier alpha value is -2.45. The quantitative estimate of drug-likeness (QED) is 0.365. The lowest BCUT2D eigenvalue weighted by Gasteiger charge is -2.21. The van der Waals surface area contributed by atoms with Gasteiger partial charge < -0.3 is 9.30 Å². The number of hydrogen-bond donors (Lipinski definition) is 0. The summed E-state index contributed by atoms with van der Waals surface area (Å²) in [6.45, 7) is 0. The van der Waals surface area contributed by atoms with Crippen LogP contribution in [0.2, 0.25) is 5.02 Å². The molecule has 0 radical (unpaired) electrons. The van der Waals surface area contributed by atoms with Crippen LogP contribution in [-0.2, 0) is 0 Å². The normalized spacial score (nSPS) is 12.4. The van der Waals surface area contributed by atoms with Crippen LogP contribution in [0.15, 0.2) is 60.7 Å².